The molecule has 0 heterocycles. The van der Waals surface area contributed by atoms with Gasteiger partial charge in [0.1, 0.15) is 0 Å². The Bertz CT molecular complexity index is 385. The van der Waals surface area contributed by atoms with Crippen molar-refractivity contribution >= 4 is 41.5 Å². The van der Waals surface area contributed by atoms with E-state index in [1.54, 1.807) is 30.1 Å². The van der Waals surface area contributed by atoms with Crippen LogP contribution >= 0.6 is 35.6 Å². The summed E-state index contributed by atoms with van der Waals surface area (Å²) < 4.78 is 0. The zero-order valence-corrected chi connectivity index (χ0v) is 12.0. The van der Waals surface area contributed by atoms with Crippen molar-refractivity contribution in [3.8, 4) is 0 Å². The topological polar surface area (TPSA) is 32.3 Å². The van der Waals surface area contributed by atoms with Crippen molar-refractivity contribution in [3.05, 3.63) is 33.8 Å². The van der Waals surface area contributed by atoms with Crippen LogP contribution in [0.3, 0.4) is 0 Å². The standard InChI is InChI=1S/C11H14Cl2N2O.ClH/c1-14-5-6-15(2)11(16)8-3-4-9(12)10(13)7-8;/h3-4,7,14H,5-6H2,1-2H3;1H. The second-order valence-electron chi connectivity index (χ2n) is 3.46. The van der Waals surface area contributed by atoms with Gasteiger partial charge in [0.2, 0.25) is 0 Å². The van der Waals surface area contributed by atoms with Gasteiger partial charge in [0.25, 0.3) is 5.91 Å². The molecule has 1 aromatic rings. The first-order valence-corrected chi connectivity index (χ1v) is 5.67. The number of likely N-dealkylation sites (N-methyl/N-ethyl adjacent to an activating group) is 2. The van der Waals surface area contributed by atoms with Gasteiger partial charge in [-0.2, -0.15) is 0 Å². The summed E-state index contributed by atoms with van der Waals surface area (Å²) in [7, 11) is 3.60. The zero-order valence-electron chi connectivity index (χ0n) is 9.67. The molecule has 3 nitrogen and oxygen atoms in total. The molecule has 96 valence electrons. The van der Waals surface area contributed by atoms with Crippen molar-refractivity contribution in [3.63, 3.8) is 0 Å². The quantitative estimate of drug-likeness (QED) is 0.927. The van der Waals surface area contributed by atoms with Crippen LogP contribution < -0.4 is 5.32 Å². The minimum Gasteiger partial charge on any atom is -0.340 e. The van der Waals surface area contributed by atoms with Crippen molar-refractivity contribution in [2.45, 2.75) is 0 Å². The van der Waals surface area contributed by atoms with Crippen LogP contribution in [0.5, 0.6) is 0 Å². The summed E-state index contributed by atoms with van der Waals surface area (Å²) in [5.41, 5.74) is 0.549. The predicted molar refractivity (Wildman–Crippen MR) is 74.6 cm³/mol. The van der Waals surface area contributed by atoms with E-state index < -0.39 is 0 Å². The third-order valence-corrected chi connectivity index (χ3v) is 2.95. The van der Waals surface area contributed by atoms with Crippen molar-refractivity contribution in [2.75, 3.05) is 27.2 Å². The Balaban J connectivity index is 0.00000256. The maximum Gasteiger partial charge on any atom is 0.253 e. The average Bonchev–Trinajstić information content (AvgIpc) is 2.28. The highest BCUT2D eigenvalue weighted by atomic mass is 35.5. The molecular weight excluding hydrogens is 282 g/mol. The summed E-state index contributed by atoms with van der Waals surface area (Å²) in [5.74, 6) is -0.0613. The molecule has 0 saturated heterocycles. The molecule has 1 N–H and O–H groups in total. The van der Waals surface area contributed by atoms with E-state index in [9.17, 15) is 4.79 Å². The van der Waals surface area contributed by atoms with Gasteiger partial charge in [-0.15, -0.1) is 12.4 Å². The molecular formula is C11H15Cl3N2O. The van der Waals surface area contributed by atoms with Gasteiger partial charge < -0.3 is 10.2 Å². The Kier molecular flexibility index (Phi) is 7.55. The van der Waals surface area contributed by atoms with E-state index in [-0.39, 0.29) is 18.3 Å². The lowest BCUT2D eigenvalue weighted by Crippen LogP contribution is -2.32. The molecule has 1 aromatic carbocycles. The Morgan fingerprint density at radius 1 is 1.35 bits per heavy atom. The first-order valence-electron chi connectivity index (χ1n) is 4.91. The van der Waals surface area contributed by atoms with Crippen LogP contribution in [-0.4, -0.2) is 38.0 Å². The van der Waals surface area contributed by atoms with E-state index in [1.807, 2.05) is 7.05 Å². The first kappa shape index (κ1) is 16.5. The normalized spacial score (nSPS) is 9.65. The van der Waals surface area contributed by atoms with Gasteiger partial charge in [0, 0.05) is 25.7 Å². The molecule has 0 aliphatic carbocycles. The van der Waals surface area contributed by atoms with Gasteiger partial charge in [-0.05, 0) is 25.2 Å². The molecule has 0 unspecified atom stereocenters. The maximum absolute atomic E-state index is 11.9. The smallest absolute Gasteiger partial charge is 0.253 e. The number of amides is 1. The number of benzene rings is 1. The van der Waals surface area contributed by atoms with Crippen molar-refractivity contribution in [1.29, 1.82) is 0 Å². The summed E-state index contributed by atoms with van der Waals surface area (Å²) in [4.78, 5) is 13.5. The van der Waals surface area contributed by atoms with Gasteiger partial charge in [-0.3, -0.25) is 4.79 Å². The Morgan fingerprint density at radius 2 is 2.00 bits per heavy atom. The first-order chi connectivity index (χ1) is 7.56. The van der Waals surface area contributed by atoms with Crippen LogP contribution in [0.2, 0.25) is 10.0 Å². The fourth-order valence-electron chi connectivity index (χ4n) is 1.23. The molecule has 1 rings (SSSR count). The minimum absolute atomic E-state index is 0. The van der Waals surface area contributed by atoms with Gasteiger partial charge >= 0.3 is 0 Å². The van der Waals surface area contributed by atoms with Crippen LogP contribution in [0.1, 0.15) is 10.4 Å². The van der Waals surface area contributed by atoms with Gasteiger partial charge in [-0.1, -0.05) is 23.2 Å². The van der Waals surface area contributed by atoms with Gasteiger partial charge in [-0.25, -0.2) is 0 Å². The summed E-state index contributed by atoms with van der Waals surface area (Å²) >= 11 is 11.6. The number of carbonyl (C=O) groups is 1. The SMILES string of the molecule is CNCCN(C)C(=O)c1ccc(Cl)c(Cl)c1.Cl. The Hall–Kier alpha value is -0.480. The minimum atomic E-state index is -0.0613. The summed E-state index contributed by atoms with van der Waals surface area (Å²) in [6.07, 6.45) is 0. The van der Waals surface area contributed by atoms with E-state index >= 15 is 0 Å². The third-order valence-electron chi connectivity index (χ3n) is 2.21. The van der Waals surface area contributed by atoms with Crippen LogP contribution in [0, 0.1) is 0 Å². The number of halogens is 3. The molecule has 0 saturated carbocycles. The van der Waals surface area contributed by atoms with Crippen molar-refractivity contribution in [1.82, 2.24) is 10.2 Å². The predicted octanol–water partition coefficient (Wildman–Crippen LogP) is 2.71. The fraction of sp³-hybridized carbons (Fsp3) is 0.364. The van der Waals surface area contributed by atoms with E-state index in [2.05, 4.69) is 5.32 Å². The number of hydrogen-bond donors (Lipinski definition) is 1. The van der Waals surface area contributed by atoms with Crippen LogP contribution in [0.25, 0.3) is 0 Å². The molecule has 6 heteroatoms. The average molecular weight is 298 g/mol. The van der Waals surface area contributed by atoms with Crippen LogP contribution in [0.4, 0.5) is 0 Å². The fourth-order valence-corrected chi connectivity index (χ4v) is 1.53. The zero-order chi connectivity index (χ0) is 12.1. The molecule has 0 aromatic heterocycles. The van der Waals surface area contributed by atoms with Crippen LogP contribution in [0.15, 0.2) is 18.2 Å². The molecule has 0 spiro atoms. The molecule has 17 heavy (non-hydrogen) atoms. The van der Waals surface area contributed by atoms with Crippen LogP contribution in [-0.2, 0) is 0 Å². The van der Waals surface area contributed by atoms with E-state index in [0.29, 0.717) is 22.2 Å². The molecule has 0 atom stereocenters. The molecule has 0 fully saturated rings. The van der Waals surface area contributed by atoms with Crippen molar-refractivity contribution < 1.29 is 4.79 Å². The monoisotopic (exact) mass is 296 g/mol. The van der Waals surface area contributed by atoms with Gasteiger partial charge in [0.05, 0.1) is 10.0 Å². The maximum atomic E-state index is 11.9. The second-order valence-corrected chi connectivity index (χ2v) is 4.27. The lowest BCUT2D eigenvalue weighted by atomic mass is 10.2. The highest BCUT2D eigenvalue weighted by Crippen LogP contribution is 2.23. The Morgan fingerprint density at radius 3 is 2.53 bits per heavy atom. The lowest BCUT2D eigenvalue weighted by molar-refractivity contribution is 0.0797. The number of carbonyl (C=O) groups excluding carboxylic acids is 1. The summed E-state index contributed by atoms with van der Waals surface area (Å²) in [5, 5.41) is 3.84. The molecule has 0 aliphatic rings. The van der Waals surface area contributed by atoms with E-state index in [1.165, 1.54) is 0 Å². The van der Waals surface area contributed by atoms with Gasteiger partial charge in [0.15, 0.2) is 0 Å². The molecule has 0 radical (unpaired) electrons. The largest absolute Gasteiger partial charge is 0.340 e. The molecule has 0 aliphatic heterocycles. The third kappa shape index (κ3) is 4.72. The number of nitrogens with zero attached hydrogens (tertiary/aromatic N) is 1. The van der Waals surface area contributed by atoms with Crippen molar-refractivity contribution in [2.24, 2.45) is 0 Å². The molecule has 1 amide bonds. The molecule has 0 bridgehead atoms. The second kappa shape index (κ2) is 7.77. The highest BCUT2D eigenvalue weighted by Gasteiger charge is 2.12. The number of rotatable bonds is 4. The lowest BCUT2D eigenvalue weighted by Gasteiger charge is -2.17. The van der Waals surface area contributed by atoms with E-state index in [4.69, 9.17) is 23.2 Å². The Labute approximate surface area is 117 Å². The summed E-state index contributed by atoms with van der Waals surface area (Å²) in [6, 6.07) is 4.89. The van der Waals surface area contributed by atoms with E-state index in [0.717, 1.165) is 6.54 Å². The number of nitrogens with one attached hydrogen (secondary N) is 1. The number of hydrogen-bond acceptors (Lipinski definition) is 2. The summed E-state index contributed by atoms with van der Waals surface area (Å²) in [6.45, 7) is 1.40. The highest BCUT2D eigenvalue weighted by molar-refractivity contribution is 6.42.